The van der Waals surface area contributed by atoms with Crippen LogP contribution in [0.5, 0.6) is 5.75 Å². The van der Waals surface area contributed by atoms with Gasteiger partial charge in [-0.2, -0.15) is 5.10 Å². The summed E-state index contributed by atoms with van der Waals surface area (Å²) >= 11 is 12.1. The lowest BCUT2D eigenvalue weighted by Crippen LogP contribution is -2.27. The Labute approximate surface area is 172 Å². The monoisotopic (exact) mass is 444 g/mol. The number of alkyl halides is 3. The number of hydrogen-bond acceptors (Lipinski definition) is 4. The first-order valence-corrected chi connectivity index (χ1v) is 8.81. The standard InChI is InChI=1S/C18H13Cl2F3N4O2/c19-11-2-1-10(14(20)7-11)9-27-16-8-12(29-18(21,22)23)3-4-13(16)15(26-27)5-6-17(28)25-24/h1-8H,9,24H2,(H,25,28)/b6-5+. The molecule has 3 rings (SSSR count). The molecule has 0 radical (unpaired) electrons. The smallest absolute Gasteiger partial charge is 0.406 e. The number of nitrogens with one attached hydrogen (secondary N) is 1. The third-order valence-electron chi connectivity index (χ3n) is 3.86. The van der Waals surface area contributed by atoms with Crippen molar-refractivity contribution in [3.05, 3.63) is 63.8 Å². The molecule has 1 amide bonds. The van der Waals surface area contributed by atoms with Crippen LogP contribution in [0, 0.1) is 0 Å². The zero-order chi connectivity index (χ0) is 21.2. The number of amides is 1. The molecule has 0 unspecified atom stereocenters. The van der Waals surface area contributed by atoms with E-state index in [1.807, 2.05) is 5.43 Å². The fraction of sp³-hybridized carbons (Fsp3) is 0.111. The van der Waals surface area contributed by atoms with Crippen molar-refractivity contribution in [1.82, 2.24) is 15.2 Å². The maximum absolute atomic E-state index is 12.6. The summed E-state index contributed by atoms with van der Waals surface area (Å²) in [6, 6.07) is 8.67. The Morgan fingerprint density at radius 2 is 2.00 bits per heavy atom. The van der Waals surface area contributed by atoms with Gasteiger partial charge < -0.3 is 4.74 Å². The Kier molecular flexibility index (Phi) is 6.02. The highest BCUT2D eigenvalue weighted by atomic mass is 35.5. The lowest BCUT2D eigenvalue weighted by molar-refractivity contribution is -0.274. The molecule has 3 aromatic rings. The summed E-state index contributed by atoms with van der Waals surface area (Å²) < 4.78 is 43.2. The predicted molar refractivity (Wildman–Crippen MR) is 103 cm³/mol. The van der Waals surface area contributed by atoms with Gasteiger partial charge in [0.05, 0.1) is 17.8 Å². The van der Waals surface area contributed by atoms with Crippen LogP contribution in [0.2, 0.25) is 10.0 Å². The summed E-state index contributed by atoms with van der Waals surface area (Å²) in [6.45, 7) is 0.152. The molecular weight excluding hydrogens is 432 g/mol. The molecule has 0 aliphatic heterocycles. The van der Waals surface area contributed by atoms with E-state index >= 15 is 0 Å². The number of carbonyl (C=O) groups excluding carboxylic acids is 1. The van der Waals surface area contributed by atoms with Gasteiger partial charge in [0.15, 0.2) is 0 Å². The van der Waals surface area contributed by atoms with Gasteiger partial charge in [0, 0.05) is 27.6 Å². The number of carbonyl (C=O) groups is 1. The Hall–Kier alpha value is -2.75. The lowest BCUT2D eigenvalue weighted by Gasteiger charge is -2.10. The average Bonchev–Trinajstić information content (AvgIpc) is 2.97. The van der Waals surface area contributed by atoms with Gasteiger partial charge in [0.1, 0.15) is 5.75 Å². The van der Waals surface area contributed by atoms with Crippen LogP contribution in [0.25, 0.3) is 17.0 Å². The van der Waals surface area contributed by atoms with Gasteiger partial charge in [-0.25, -0.2) is 5.84 Å². The first-order valence-electron chi connectivity index (χ1n) is 8.05. The highest BCUT2D eigenvalue weighted by molar-refractivity contribution is 6.35. The van der Waals surface area contributed by atoms with Crippen LogP contribution < -0.4 is 16.0 Å². The molecule has 29 heavy (non-hydrogen) atoms. The molecule has 0 saturated carbocycles. The van der Waals surface area contributed by atoms with Gasteiger partial charge in [-0.15, -0.1) is 13.2 Å². The normalized spacial score (nSPS) is 11.9. The molecular formula is C18H13Cl2F3N4O2. The second-order valence-corrected chi connectivity index (χ2v) is 6.69. The minimum Gasteiger partial charge on any atom is -0.406 e. The maximum Gasteiger partial charge on any atom is 0.573 e. The van der Waals surface area contributed by atoms with Crippen LogP contribution in [-0.4, -0.2) is 22.1 Å². The first kappa shape index (κ1) is 21.0. The molecule has 0 aliphatic rings. The van der Waals surface area contributed by atoms with Crippen LogP contribution in [0.4, 0.5) is 13.2 Å². The molecule has 0 aliphatic carbocycles. The summed E-state index contributed by atoms with van der Waals surface area (Å²) in [5, 5.41) is 5.70. The third-order valence-corrected chi connectivity index (χ3v) is 4.44. The van der Waals surface area contributed by atoms with Crippen molar-refractivity contribution >= 4 is 46.1 Å². The van der Waals surface area contributed by atoms with Crippen LogP contribution in [-0.2, 0) is 11.3 Å². The number of nitrogens with zero attached hydrogens (tertiary/aromatic N) is 2. The van der Waals surface area contributed by atoms with E-state index in [1.165, 1.54) is 22.9 Å². The quantitative estimate of drug-likeness (QED) is 0.266. The lowest BCUT2D eigenvalue weighted by atomic mass is 10.2. The van der Waals surface area contributed by atoms with Gasteiger partial charge in [-0.3, -0.25) is 14.9 Å². The summed E-state index contributed by atoms with van der Waals surface area (Å²) in [7, 11) is 0. The maximum atomic E-state index is 12.6. The van der Waals surface area contributed by atoms with Crippen molar-refractivity contribution in [3.63, 3.8) is 0 Å². The van der Waals surface area contributed by atoms with Gasteiger partial charge in [0.2, 0.25) is 0 Å². The molecule has 6 nitrogen and oxygen atoms in total. The highest BCUT2D eigenvalue weighted by Crippen LogP contribution is 2.30. The van der Waals surface area contributed by atoms with E-state index in [9.17, 15) is 18.0 Å². The minimum atomic E-state index is -4.83. The highest BCUT2D eigenvalue weighted by Gasteiger charge is 2.31. The fourth-order valence-corrected chi connectivity index (χ4v) is 3.10. The molecule has 11 heteroatoms. The number of nitrogens with two attached hydrogens (primary N) is 1. The molecule has 0 fully saturated rings. The molecule has 0 saturated heterocycles. The molecule has 1 heterocycles. The Morgan fingerprint density at radius 1 is 1.24 bits per heavy atom. The van der Waals surface area contributed by atoms with Crippen molar-refractivity contribution < 1.29 is 22.7 Å². The van der Waals surface area contributed by atoms with Crippen LogP contribution >= 0.6 is 23.2 Å². The number of fused-ring (bicyclic) bond motifs is 1. The molecule has 0 spiro atoms. The second-order valence-electron chi connectivity index (χ2n) is 5.85. The molecule has 152 valence electrons. The van der Waals surface area contributed by atoms with E-state index in [2.05, 4.69) is 9.84 Å². The number of benzene rings is 2. The van der Waals surface area contributed by atoms with E-state index in [4.69, 9.17) is 29.0 Å². The third kappa shape index (κ3) is 5.20. The zero-order valence-electron chi connectivity index (χ0n) is 14.5. The van der Waals surface area contributed by atoms with Crippen LogP contribution in [0.3, 0.4) is 0 Å². The van der Waals surface area contributed by atoms with Crippen molar-refractivity contribution in [3.8, 4) is 5.75 Å². The SMILES string of the molecule is NNC(=O)/C=C/c1nn(Cc2ccc(Cl)cc2Cl)c2cc(OC(F)(F)F)ccc12. The Morgan fingerprint density at radius 3 is 2.66 bits per heavy atom. The largest absolute Gasteiger partial charge is 0.573 e. The van der Waals surface area contributed by atoms with E-state index in [0.717, 1.165) is 12.1 Å². The second kappa shape index (κ2) is 8.32. The number of aromatic nitrogens is 2. The van der Waals surface area contributed by atoms with Crippen molar-refractivity contribution in [2.45, 2.75) is 12.9 Å². The van der Waals surface area contributed by atoms with E-state index in [-0.39, 0.29) is 6.54 Å². The summed E-state index contributed by atoms with van der Waals surface area (Å²) in [5.41, 5.74) is 3.30. The summed E-state index contributed by atoms with van der Waals surface area (Å²) in [5.74, 6) is 4.07. The number of rotatable bonds is 5. The zero-order valence-corrected chi connectivity index (χ0v) is 16.0. The van der Waals surface area contributed by atoms with Crippen LogP contribution in [0.15, 0.2) is 42.5 Å². The van der Waals surface area contributed by atoms with Crippen molar-refractivity contribution in [1.29, 1.82) is 0 Å². The molecule has 1 aromatic heterocycles. The van der Waals surface area contributed by atoms with E-state index < -0.39 is 18.0 Å². The van der Waals surface area contributed by atoms with Gasteiger partial charge in [-0.1, -0.05) is 29.3 Å². The Bertz CT molecular complexity index is 1100. The number of hydrogen-bond donors (Lipinski definition) is 2. The molecule has 0 bridgehead atoms. The number of hydrazine groups is 1. The summed E-state index contributed by atoms with van der Waals surface area (Å²) in [4.78, 5) is 11.4. The fourth-order valence-electron chi connectivity index (χ4n) is 2.63. The molecule has 0 atom stereocenters. The van der Waals surface area contributed by atoms with Crippen molar-refractivity contribution in [2.75, 3.05) is 0 Å². The molecule has 2 aromatic carbocycles. The van der Waals surface area contributed by atoms with Gasteiger partial charge in [-0.05, 0) is 35.9 Å². The average molecular weight is 445 g/mol. The van der Waals surface area contributed by atoms with Crippen molar-refractivity contribution in [2.24, 2.45) is 5.84 Å². The number of ether oxygens (including phenoxy) is 1. The van der Waals surface area contributed by atoms with E-state index in [1.54, 1.807) is 18.2 Å². The van der Waals surface area contributed by atoms with Gasteiger partial charge in [0.25, 0.3) is 5.91 Å². The number of halogens is 5. The van der Waals surface area contributed by atoms with Crippen LogP contribution in [0.1, 0.15) is 11.3 Å². The van der Waals surface area contributed by atoms with Gasteiger partial charge >= 0.3 is 6.36 Å². The topological polar surface area (TPSA) is 82.2 Å². The summed E-state index contributed by atoms with van der Waals surface area (Å²) in [6.07, 6.45) is -2.28. The minimum absolute atomic E-state index is 0.152. The van der Waals surface area contributed by atoms with E-state index in [0.29, 0.717) is 32.2 Å². The predicted octanol–water partition coefficient (Wildman–Crippen LogP) is 4.29. The molecule has 3 N–H and O–H groups in total. The Balaban J connectivity index is 2.08. The first-order chi connectivity index (χ1) is 13.7.